The number of halogens is 1. The Morgan fingerprint density at radius 2 is 1.84 bits per heavy atom. The molecule has 2 aliphatic rings. The molecule has 0 radical (unpaired) electrons. The lowest BCUT2D eigenvalue weighted by Crippen LogP contribution is -2.54. The van der Waals surface area contributed by atoms with E-state index in [4.69, 9.17) is 36.3 Å². The van der Waals surface area contributed by atoms with Gasteiger partial charge in [0.15, 0.2) is 17.7 Å². The molecule has 1 saturated carbocycles. The van der Waals surface area contributed by atoms with Gasteiger partial charge >= 0.3 is 11.9 Å². The van der Waals surface area contributed by atoms with Gasteiger partial charge in [0, 0.05) is 6.42 Å². The predicted molar refractivity (Wildman–Crippen MR) is 134 cm³/mol. The highest BCUT2D eigenvalue weighted by molar-refractivity contribution is 6.28. The lowest BCUT2D eigenvalue weighted by molar-refractivity contribution is -0.200. The van der Waals surface area contributed by atoms with Crippen molar-refractivity contribution >= 4 is 40.5 Å². The number of hydrogen-bond acceptors (Lipinski definition) is 11. The van der Waals surface area contributed by atoms with Gasteiger partial charge in [0.05, 0.1) is 37.2 Å². The summed E-state index contributed by atoms with van der Waals surface area (Å²) in [5, 5.41) is 11.3. The molecule has 3 aromatic rings. The van der Waals surface area contributed by atoms with Crippen molar-refractivity contribution < 1.29 is 33.6 Å². The molecule has 1 saturated heterocycles. The fourth-order valence-corrected chi connectivity index (χ4v) is 5.17. The van der Waals surface area contributed by atoms with Crippen LogP contribution >= 0.6 is 11.6 Å². The Morgan fingerprint density at radius 3 is 2.42 bits per heavy atom. The monoisotopic (exact) mass is 545 g/mol. The number of carbonyl (C=O) groups is 2. The Kier molecular flexibility index (Phi) is 6.76. The zero-order valence-corrected chi connectivity index (χ0v) is 21.8. The zero-order chi connectivity index (χ0) is 27.2. The molecule has 3 N–H and O–H groups in total. The van der Waals surface area contributed by atoms with Gasteiger partial charge in [0.1, 0.15) is 11.6 Å². The fraction of sp³-hybridized carbons (Fsp3) is 0.480. The molecule has 202 valence electrons. The quantitative estimate of drug-likeness (QED) is 0.229. The number of rotatable bonds is 9. The average molecular weight is 546 g/mol. The average Bonchev–Trinajstić information content (AvgIpc) is 3.14. The van der Waals surface area contributed by atoms with Crippen LogP contribution in [0.15, 0.2) is 36.7 Å². The summed E-state index contributed by atoms with van der Waals surface area (Å²) < 4.78 is 24.6. The summed E-state index contributed by atoms with van der Waals surface area (Å²) in [6.45, 7) is 5.10. The molecule has 2 fully saturated rings. The molecule has 1 aliphatic carbocycles. The third-order valence-electron chi connectivity index (χ3n) is 7.12. The normalized spacial score (nSPS) is 26.2. The molecule has 1 aliphatic heterocycles. The highest BCUT2D eigenvalue weighted by Crippen LogP contribution is 2.63. The van der Waals surface area contributed by atoms with Crippen molar-refractivity contribution in [2.75, 3.05) is 18.9 Å². The van der Waals surface area contributed by atoms with Crippen LogP contribution in [-0.2, 0) is 35.0 Å². The van der Waals surface area contributed by atoms with Gasteiger partial charge in [-0.05, 0) is 31.0 Å². The molecule has 12 nitrogen and oxygen atoms in total. The number of nitrogens with zero attached hydrogens (tertiary/aromatic N) is 4. The number of benzene rings is 1. The number of nitrogens with two attached hydrogens (primary N) is 1. The number of ether oxygens (including phenoxy) is 4. The molecular formula is C25H28ClN5O7. The van der Waals surface area contributed by atoms with Crippen molar-refractivity contribution in [2.45, 2.75) is 57.3 Å². The van der Waals surface area contributed by atoms with Crippen LogP contribution in [0.25, 0.3) is 11.2 Å². The lowest BCUT2D eigenvalue weighted by Gasteiger charge is -2.32. The number of fused-ring (bicyclic) bond motifs is 2. The molecule has 5 rings (SSSR count). The first-order valence-electron chi connectivity index (χ1n) is 12.2. The molecule has 1 unspecified atom stereocenters. The van der Waals surface area contributed by atoms with E-state index >= 15 is 0 Å². The van der Waals surface area contributed by atoms with Crippen LogP contribution < -0.4 is 5.73 Å². The van der Waals surface area contributed by atoms with Gasteiger partial charge in [0.2, 0.25) is 5.28 Å². The highest BCUT2D eigenvalue weighted by atomic mass is 35.5. The second kappa shape index (κ2) is 9.77. The Bertz CT molecular complexity index is 1350. The van der Waals surface area contributed by atoms with Crippen LogP contribution in [0.2, 0.25) is 5.28 Å². The third kappa shape index (κ3) is 4.08. The van der Waals surface area contributed by atoms with Crippen LogP contribution in [0.3, 0.4) is 0 Å². The standard InChI is InChI=1S/C25H28ClN5O7/c1-4-35-21(33)25(22(34)36-5-2,11-13-9-7-6-8-10-13)38-17-16-24(17,3)15(32)20(37-16)31-12-28-14-18(27)29-23(26)30-19(14)31/h6-10,12,15-17,20,32H,4-5,11H2,1-3H3,(H2,27,29,30)/t15-,16+,17?,20+,24+/m0/s1. The maximum atomic E-state index is 13.3. The molecule has 38 heavy (non-hydrogen) atoms. The number of aliphatic hydroxyl groups is 1. The van der Waals surface area contributed by atoms with Crippen LogP contribution in [0.4, 0.5) is 5.82 Å². The molecule has 5 atom stereocenters. The maximum Gasteiger partial charge on any atom is 0.350 e. The van der Waals surface area contributed by atoms with Gasteiger partial charge in [-0.15, -0.1) is 0 Å². The topological polar surface area (TPSA) is 161 Å². The van der Waals surface area contributed by atoms with Crippen molar-refractivity contribution in [3.8, 4) is 0 Å². The SMILES string of the molecule is CCOC(=O)C(Cc1ccccc1)(OC1[C@H]2O[C@@H](n3cnc4c(N)nc(Cl)nc43)[C@H](O)[C@@]12C)C(=O)OCC. The van der Waals surface area contributed by atoms with Crippen molar-refractivity contribution in [2.24, 2.45) is 5.41 Å². The van der Waals surface area contributed by atoms with E-state index < -0.39 is 47.5 Å². The van der Waals surface area contributed by atoms with Crippen LogP contribution in [0.1, 0.15) is 32.6 Å². The van der Waals surface area contributed by atoms with Crippen LogP contribution in [-0.4, -0.2) is 73.7 Å². The molecule has 0 bridgehead atoms. The van der Waals surface area contributed by atoms with E-state index in [1.54, 1.807) is 45.0 Å². The maximum absolute atomic E-state index is 13.3. The summed E-state index contributed by atoms with van der Waals surface area (Å²) in [5.74, 6) is -1.65. The minimum Gasteiger partial charge on any atom is -0.463 e. The van der Waals surface area contributed by atoms with Crippen molar-refractivity contribution in [3.63, 3.8) is 0 Å². The summed E-state index contributed by atoms with van der Waals surface area (Å²) in [7, 11) is 0. The number of aromatic nitrogens is 4. The molecule has 0 amide bonds. The van der Waals surface area contributed by atoms with Gasteiger partial charge in [-0.1, -0.05) is 37.3 Å². The first-order valence-corrected chi connectivity index (χ1v) is 12.6. The number of esters is 2. The van der Waals surface area contributed by atoms with E-state index in [1.807, 2.05) is 6.07 Å². The lowest BCUT2D eigenvalue weighted by atomic mass is 9.93. The molecule has 0 spiro atoms. The van der Waals surface area contributed by atoms with E-state index in [9.17, 15) is 14.7 Å². The first-order chi connectivity index (χ1) is 18.2. The minimum absolute atomic E-state index is 0.0337. The third-order valence-corrected chi connectivity index (χ3v) is 7.28. The summed E-state index contributed by atoms with van der Waals surface area (Å²) in [6.07, 6.45) is -2.18. The molecule has 2 aromatic heterocycles. The van der Waals surface area contributed by atoms with Gasteiger partial charge in [0.25, 0.3) is 5.60 Å². The smallest absolute Gasteiger partial charge is 0.350 e. The summed E-state index contributed by atoms with van der Waals surface area (Å²) in [4.78, 5) is 38.9. The Hall–Kier alpha value is -3.32. The second-order valence-corrected chi connectivity index (χ2v) is 9.77. The molecular weight excluding hydrogens is 518 g/mol. The van der Waals surface area contributed by atoms with Crippen molar-refractivity contribution in [1.82, 2.24) is 19.5 Å². The summed E-state index contributed by atoms with van der Waals surface area (Å²) in [5.41, 5.74) is 4.12. The number of hydrogen-bond donors (Lipinski definition) is 2. The second-order valence-electron chi connectivity index (χ2n) is 9.43. The van der Waals surface area contributed by atoms with E-state index in [0.717, 1.165) is 0 Å². The first kappa shape index (κ1) is 26.3. The van der Waals surface area contributed by atoms with Crippen molar-refractivity contribution in [1.29, 1.82) is 0 Å². The van der Waals surface area contributed by atoms with E-state index in [2.05, 4.69) is 15.0 Å². The molecule has 1 aromatic carbocycles. The fourth-order valence-electron chi connectivity index (χ4n) is 5.00. The Morgan fingerprint density at radius 1 is 1.18 bits per heavy atom. The van der Waals surface area contributed by atoms with Gasteiger partial charge in [-0.25, -0.2) is 14.6 Å². The number of nitrogen functional groups attached to an aromatic ring is 1. The Balaban J connectivity index is 1.46. The van der Waals surface area contributed by atoms with Crippen molar-refractivity contribution in [3.05, 3.63) is 47.5 Å². The Labute approximate surface area is 223 Å². The summed E-state index contributed by atoms with van der Waals surface area (Å²) >= 11 is 5.98. The summed E-state index contributed by atoms with van der Waals surface area (Å²) in [6, 6.07) is 8.95. The number of aliphatic hydroxyl groups excluding tert-OH is 1. The number of carbonyl (C=O) groups excluding carboxylic acids is 2. The zero-order valence-electron chi connectivity index (χ0n) is 21.0. The van der Waals surface area contributed by atoms with E-state index in [0.29, 0.717) is 16.7 Å². The largest absolute Gasteiger partial charge is 0.463 e. The van der Waals surface area contributed by atoms with Crippen LogP contribution in [0.5, 0.6) is 0 Å². The van der Waals surface area contributed by atoms with E-state index in [1.165, 1.54) is 10.9 Å². The minimum atomic E-state index is -2.10. The van der Waals surface area contributed by atoms with Crippen LogP contribution in [0, 0.1) is 5.41 Å². The molecule has 3 heterocycles. The van der Waals surface area contributed by atoms with Gasteiger partial charge in [-0.2, -0.15) is 9.97 Å². The number of anilines is 1. The van der Waals surface area contributed by atoms with Gasteiger partial charge < -0.3 is 29.8 Å². The van der Waals surface area contributed by atoms with Gasteiger partial charge in [-0.3, -0.25) is 4.57 Å². The molecule has 13 heteroatoms. The van der Waals surface area contributed by atoms with E-state index in [-0.39, 0.29) is 30.7 Å². The highest BCUT2D eigenvalue weighted by Gasteiger charge is 2.77. The predicted octanol–water partition coefficient (Wildman–Crippen LogP) is 1.83. The number of imidazole rings is 1.